The zero-order chi connectivity index (χ0) is 15.8. The molecule has 2 N–H and O–H groups in total. The van der Waals surface area contributed by atoms with Crippen LogP contribution in [0.5, 0.6) is 0 Å². The Morgan fingerprint density at radius 3 is 2.38 bits per heavy atom. The normalized spacial score (nSPS) is 19.6. The van der Waals surface area contributed by atoms with Crippen LogP contribution in [-0.2, 0) is 14.8 Å². The molecule has 0 atom stereocenters. The zero-order valence-corrected chi connectivity index (χ0v) is 13.6. The minimum Gasteiger partial charge on any atom is -0.352 e. The van der Waals surface area contributed by atoms with Gasteiger partial charge in [0.1, 0.15) is 0 Å². The van der Waals surface area contributed by atoms with Gasteiger partial charge in [-0.2, -0.15) is 0 Å². The molecule has 0 unspecified atom stereocenters. The van der Waals surface area contributed by atoms with Crippen molar-refractivity contribution < 1.29 is 13.2 Å². The van der Waals surface area contributed by atoms with E-state index in [0.717, 1.165) is 0 Å². The lowest BCUT2D eigenvalue weighted by molar-refractivity contribution is -0.118. The molecule has 1 amide bonds. The summed E-state index contributed by atoms with van der Waals surface area (Å²) in [4.78, 5) is 11.3. The van der Waals surface area contributed by atoms with Crippen LogP contribution >= 0.6 is 11.6 Å². The molecule has 0 radical (unpaired) electrons. The molecule has 1 heterocycles. The lowest BCUT2D eigenvalue weighted by atomic mass is 9.93. The first kappa shape index (κ1) is 16.0. The van der Waals surface area contributed by atoms with Gasteiger partial charge in [-0.05, 0) is 37.1 Å². The van der Waals surface area contributed by atoms with Gasteiger partial charge in [0.2, 0.25) is 15.9 Å². The second-order valence-corrected chi connectivity index (χ2v) is 7.51. The van der Waals surface area contributed by atoms with Gasteiger partial charge >= 0.3 is 0 Å². The van der Waals surface area contributed by atoms with Crippen LogP contribution in [0.3, 0.4) is 0 Å². The number of hydrogen-bond acceptors (Lipinski definition) is 3. The van der Waals surface area contributed by atoms with Crippen LogP contribution < -0.4 is 10.0 Å². The molecular formula is C14H17ClN2O3S. The van der Waals surface area contributed by atoms with E-state index in [1.807, 2.05) is 0 Å². The summed E-state index contributed by atoms with van der Waals surface area (Å²) in [6, 6.07) is 6.60. The molecular weight excluding hydrogens is 312 g/mol. The number of nitrogens with one attached hydrogen (secondary N) is 2. The summed E-state index contributed by atoms with van der Waals surface area (Å²) in [6.07, 6.45) is 0. The highest BCUT2D eigenvalue weighted by atomic mass is 35.5. The van der Waals surface area contributed by atoms with E-state index in [0.29, 0.717) is 16.2 Å². The SMILES string of the molecule is CC(=O)NCC1=C(c2ccc(Cl)cc2)S(=O)(=O)NC1(C)C. The Kier molecular flexibility index (Phi) is 4.15. The summed E-state index contributed by atoms with van der Waals surface area (Å²) in [6.45, 7) is 5.11. The number of halogens is 1. The standard InChI is InChI=1S/C14H17ClN2O3S/c1-9(18)16-8-12-13(10-4-6-11(15)7-5-10)21(19,20)17-14(12,2)3/h4-7,17H,8H2,1-3H3,(H,16,18). The quantitative estimate of drug-likeness (QED) is 0.889. The van der Waals surface area contributed by atoms with E-state index in [4.69, 9.17) is 11.6 Å². The van der Waals surface area contributed by atoms with Crippen molar-refractivity contribution in [2.45, 2.75) is 26.3 Å². The van der Waals surface area contributed by atoms with Crippen molar-refractivity contribution in [1.29, 1.82) is 0 Å². The van der Waals surface area contributed by atoms with Crippen LogP contribution in [0.25, 0.3) is 4.91 Å². The average molecular weight is 329 g/mol. The molecule has 5 nitrogen and oxygen atoms in total. The van der Waals surface area contributed by atoms with Gasteiger partial charge in [0.25, 0.3) is 0 Å². The highest BCUT2D eigenvalue weighted by Crippen LogP contribution is 2.37. The molecule has 0 saturated heterocycles. The van der Waals surface area contributed by atoms with Crippen LogP contribution in [0.15, 0.2) is 29.8 Å². The number of rotatable bonds is 3. The van der Waals surface area contributed by atoms with Crippen molar-refractivity contribution >= 4 is 32.4 Å². The van der Waals surface area contributed by atoms with Gasteiger partial charge in [-0.1, -0.05) is 23.7 Å². The fraction of sp³-hybridized carbons (Fsp3) is 0.357. The van der Waals surface area contributed by atoms with E-state index in [1.54, 1.807) is 38.1 Å². The van der Waals surface area contributed by atoms with Crippen molar-refractivity contribution in [3.63, 3.8) is 0 Å². The Hall–Kier alpha value is -1.37. The van der Waals surface area contributed by atoms with Gasteiger partial charge in [-0.25, -0.2) is 13.1 Å². The Balaban J connectivity index is 2.59. The number of hydrogen-bond donors (Lipinski definition) is 2. The number of sulfonamides is 1. The lowest BCUT2D eigenvalue weighted by Gasteiger charge is -2.21. The van der Waals surface area contributed by atoms with Gasteiger partial charge in [-0.15, -0.1) is 0 Å². The third-order valence-corrected chi connectivity index (χ3v) is 5.36. The largest absolute Gasteiger partial charge is 0.352 e. The van der Waals surface area contributed by atoms with Gasteiger partial charge in [0, 0.05) is 18.5 Å². The molecule has 1 aromatic carbocycles. The Morgan fingerprint density at radius 2 is 1.86 bits per heavy atom. The van der Waals surface area contributed by atoms with Gasteiger partial charge < -0.3 is 5.32 Å². The van der Waals surface area contributed by atoms with Crippen LogP contribution in [0.1, 0.15) is 26.3 Å². The third kappa shape index (κ3) is 3.28. The molecule has 7 heteroatoms. The van der Waals surface area contributed by atoms with Crippen molar-refractivity contribution in [2.75, 3.05) is 6.54 Å². The molecule has 0 aliphatic carbocycles. The van der Waals surface area contributed by atoms with Crippen molar-refractivity contribution in [2.24, 2.45) is 0 Å². The summed E-state index contributed by atoms with van der Waals surface area (Å²) < 4.78 is 27.4. The molecule has 0 spiro atoms. The second kappa shape index (κ2) is 5.44. The van der Waals surface area contributed by atoms with Crippen LogP contribution in [0.4, 0.5) is 0 Å². The van der Waals surface area contributed by atoms with Gasteiger partial charge in [-0.3, -0.25) is 4.79 Å². The third-order valence-electron chi connectivity index (χ3n) is 3.31. The average Bonchev–Trinajstić information content (AvgIpc) is 2.52. The maximum Gasteiger partial charge on any atom is 0.242 e. The van der Waals surface area contributed by atoms with Crippen LogP contribution in [0.2, 0.25) is 5.02 Å². The summed E-state index contributed by atoms with van der Waals surface area (Å²) in [5, 5.41) is 3.20. The molecule has 114 valence electrons. The van der Waals surface area contributed by atoms with Gasteiger partial charge in [0.05, 0.1) is 10.4 Å². The Morgan fingerprint density at radius 1 is 1.29 bits per heavy atom. The first-order chi connectivity index (χ1) is 9.63. The van der Waals surface area contributed by atoms with Crippen LogP contribution in [0, 0.1) is 0 Å². The Bertz CT molecular complexity index is 706. The molecule has 0 bridgehead atoms. The second-order valence-electron chi connectivity index (χ2n) is 5.45. The molecule has 0 fully saturated rings. The zero-order valence-electron chi connectivity index (χ0n) is 12.0. The smallest absolute Gasteiger partial charge is 0.242 e. The topological polar surface area (TPSA) is 75.3 Å². The predicted octanol–water partition coefficient (Wildman–Crippen LogP) is 1.90. The fourth-order valence-corrected chi connectivity index (χ4v) is 4.46. The highest BCUT2D eigenvalue weighted by Gasteiger charge is 2.42. The predicted molar refractivity (Wildman–Crippen MR) is 83.2 cm³/mol. The number of carbonyl (C=O) groups excluding carboxylic acids is 1. The maximum atomic E-state index is 12.4. The van der Waals surface area contributed by atoms with Crippen molar-refractivity contribution in [3.8, 4) is 0 Å². The van der Waals surface area contributed by atoms with Crippen molar-refractivity contribution in [1.82, 2.24) is 10.0 Å². The fourth-order valence-electron chi connectivity index (χ4n) is 2.34. The van der Waals surface area contributed by atoms with Crippen LogP contribution in [-0.4, -0.2) is 26.4 Å². The van der Waals surface area contributed by atoms with Crippen molar-refractivity contribution in [3.05, 3.63) is 40.4 Å². The van der Waals surface area contributed by atoms with E-state index in [-0.39, 0.29) is 17.4 Å². The monoisotopic (exact) mass is 328 g/mol. The lowest BCUT2D eigenvalue weighted by Crippen LogP contribution is -2.41. The first-order valence-corrected chi connectivity index (χ1v) is 8.27. The number of benzene rings is 1. The summed E-state index contributed by atoms with van der Waals surface area (Å²) in [7, 11) is -3.62. The summed E-state index contributed by atoms with van der Waals surface area (Å²) in [5.41, 5.74) is 0.425. The van der Waals surface area contributed by atoms with Gasteiger partial charge in [0.15, 0.2) is 0 Å². The Labute approximate surface area is 129 Å². The molecule has 1 aliphatic heterocycles. The summed E-state index contributed by atoms with van der Waals surface area (Å²) >= 11 is 5.85. The molecule has 21 heavy (non-hydrogen) atoms. The van der Waals surface area contributed by atoms with E-state index in [9.17, 15) is 13.2 Å². The molecule has 0 aromatic heterocycles. The highest BCUT2D eigenvalue weighted by molar-refractivity contribution is 7.99. The summed E-state index contributed by atoms with van der Waals surface area (Å²) in [5.74, 6) is -0.210. The van der Waals surface area contributed by atoms with E-state index >= 15 is 0 Å². The van der Waals surface area contributed by atoms with E-state index < -0.39 is 15.6 Å². The number of carbonyl (C=O) groups is 1. The maximum absolute atomic E-state index is 12.4. The molecule has 0 saturated carbocycles. The number of amides is 1. The molecule has 2 rings (SSSR count). The minimum absolute atomic E-state index is 0.173. The minimum atomic E-state index is -3.62. The first-order valence-electron chi connectivity index (χ1n) is 6.41. The molecule has 1 aromatic rings. The van der Waals surface area contributed by atoms with E-state index in [1.165, 1.54) is 6.92 Å². The molecule has 1 aliphatic rings. The van der Waals surface area contributed by atoms with E-state index in [2.05, 4.69) is 10.0 Å².